The first kappa shape index (κ1) is 21.3. The van der Waals surface area contributed by atoms with Crippen molar-refractivity contribution in [2.45, 2.75) is 13.0 Å². The molecular weight excluding hydrogens is 430 g/mol. The second-order valence-corrected chi connectivity index (χ2v) is 8.30. The fourth-order valence-corrected chi connectivity index (χ4v) is 3.97. The molecule has 0 saturated heterocycles. The number of benzene rings is 2. The average molecular weight is 454 g/mol. The molecule has 5 aromatic rings. The maximum atomic E-state index is 13.4. The van der Waals surface area contributed by atoms with E-state index >= 15 is 0 Å². The van der Waals surface area contributed by atoms with E-state index in [4.69, 9.17) is 5.73 Å². The summed E-state index contributed by atoms with van der Waals surface area (Å²) in [5.74, 6) is -0.346. The molecule has 1 amide bonds. The molecule has 0 aliphatic rings. The number of carbonyl (C=O) groups is 2. The fraction of sp³-hybridized carbons (Fsp3) is 0.160. The number of rotatable bonds is 5. The molecule has 0 bridgehead atoms. The molecule has 3 aromatic heterocycles. The number of fused-ring (bicyclic) bond motifs is 2. The summed E-state index contributed by atoms with van der Waals surface area (Å²) in [5, 5.41) is 2.45. The standard InChI is InChI=1S/C25H23N7O2/c1-30(14-19-11-27-15-31(19)2)22(33)10-16-7-8-21-20(9-16)23(29-25(26)28-21)24(34)32-12-17-5-3-4-6-18(17)13-32/h3-9,11-13,15H,10,14H2,1-2H3,(H2,26,28,29). The predicted octanol–water partition coefficient (Wildman–Crippen LogP) is 2.79. The van der Waals surface area contributed by atoms with Crippen molar-refractivity contribution in [2.24, 2.45) is 7.05 Å². The predicted molar refractivity (Wildman–Crippen MR) is 129 cm³/mol. The van der Waals surface area contributed by atoms with Crippen molar-refractivity contribution < 1.29 is 9.59 Å². The monoisotopic (exact) mass is 453 g/mol. The number of anilines is 1. The highest BCUT2D eigenvalue weighted by Gasteiger charge is 2.18. The summed E-state index contributed by atoms with van der Waals surface area (Å²) < 4.78 is 3.38. The molecule has 0 unspecified atom stereocenters. The summed E-state index contributed by atoms with van der Waals surface area (Å²) >= 11 is 0. The van der Waals surface area contributed by atoms with Gasteiger partial charge in [-0.05, 0) is 28.5 Å². The van der Waals surface area contributed by atoms with Crippen LogP contribution in [0.3, 0.4) is 0 Å². The van der Waals surface area contributed by atoms with Crippen molar-refractivity contribution in [1.82, 2.24) is 29.0 Å². The fourth-order valence-electron chi connectivity index (χ4n) is 3.97. The molecule has 9 heteroatoms. The lowest BCUT2D eigenvalue weighted by Gasteiger charge is -2.17. The topological polar surface area (TPSA) is 112 Å². The minimum atomic E-state index is -0.313. The number of amides is 1. The molecule has 0 aliphatic carbocycles. The van der Waals surface area contributed by atoms with Crippen LogP contribution in [0.4, 0.5) is 5.95 Å². The first-order valence-electron chi connectivity index (χ1n) is 10.8. The van der Waals surface area contributed by atoms with Crippen LogP contribution in [-0.2, 0) is 24.8 Å². The van der Waals surface area contributed by atoms with Gasteiger partial charge < -0.3 is 15.2 Å². The molecule has 0 saturated carbocycles. The number of likely N-dealkylation sites (N-methyl/N-ethyl adjacent to an activating group) is 1. The Hall–Kier alpha value is -4.53. The lowest BCUT2D eigenvalue weighted by Crippen LogP contribution is -2.28. The first-order chi connectivity index (χ1) is 16.4. The molecule has 9 nitrogen and oxygen atoms in total. The minimum absolute atomic E-state index is 0.0206. The third-order valence-electron chi connectivity index (χ3n) is 5.86. The van der Waals surface area contributed by atoms with Gasteiger partial charge in [-0.2, -0.15) is 0 Å². The van der Waals surface area contributed by atoms with Gasteiger partial charge in [0.15, 0.2) is 0 Å². The zero-order valence-electron chi connectivity index (χ0n) is 18.8. The van der Waals surface area contributed by atoms with Gasteiger partial charge in [0.25, 0.3) is 5.91 Å². The van der Waals surface area contributed by atoms with Gasteiger partial charge in [0.05, 0.1) is 30.5 Å². The number of nitrogens with zero attached hydrogens (tertiary/aromatic N) is 6. The lowest BCUT2D eigenvalue weighted by molar-refractivity contribution is -0.129. The Morgan fingerprint density at radius 3 is 2.47 bits per heavy atom. The second kappa shape index (κ2) is 8.43. The Morgan fingerprint density at radius 2 is 1.79 bits per heavy atom. The van der Waals surface area contributed by atoms with Crippen LogP contribution in [-0.4, -0.2) is 47.8 Å². The van der Waals surface area contributed by atoms with Crippen LogP contribution in [0.25, 0.3) is 21.7 Å². The van der Waals surface area contributed by atoms with Crippen molar-refractivity contribution in [3.63, 3.8) is 0 Å². The highest BCUT2D eigenvalue weighted by atomic mass is 16.2. The van der Waals surface area contributed by atoms with E-state index in [1.807, 2.05) is 41.9 Å². The van der Waals surface area contributed by atoms with Crippen LogP contribution in [0, 0.1) is 0 Å². The average Bonchev–Trinajstić information content (AvgIpc) is 3.44. The van der Waals surface area contributed by atoms with Gasteiger partial charge in [0, 0.05) is 38.1 Å². The molecule has 2 N–H and O–H groups in total. The Labute approximate surface area is 195 Å². The number of nitrogens with two attached hydrogens (primary N) is 1. The molecule has 0 atom stereocenters. The molecule has 0 fully saturated rings. The summed E-state index contributed by atoms with van der Waals surface area (Å²) in [7, 11) is 3.65. The third kappa shape index (κ3) is 3.99. The Morgan fingerprint density at radius 1 is 1.06 bits per heavy atom. The van der Waals surface area contributed by atoms with Gasteiger partial charge in [-0.1, -0.05) is 30.3 Å². The molecule has 0 aliphatic heterocycles. The third-order valence-corrected chi connectivity index (χ3v) is 5.86. The number of imidazole rings is 1. The van der Waals surface area contributed by atoms with E-state index in [1.165, 1.54) is 4.57 Å². The lowest BCUT2D eigenvalue weighted by atomic mass is 10.1. The van der Waals surface area contributed by atoms with E-state index in [2.05, 4.69) is 15.0 Å². The molecular formula is C25H23N7O2. The molecule has 3 heterocycles. The quantitative estimate of drug-likeness (QED) is 0.438. The van der Waals surface area contributed by atoms with Crippen molar-refractivity contribution >= 4 is 39.4 Å². The van der Waals surface area contributed by atoms with Crippen LogP contribution in [0.1, 0.15) is 21.7 Å². The van der Waals surface area contributed by atoms with E-state index in [0.29, 0.717) is 17.4 Å². The van der Waals surface area contributed by atoms with Crippen LogP contribution in [0.2, 0.25) is 0 Å². The van der Waals surface area contributed by atoms with Gasteiger partial charge >= 0.3 is 0 Å². The van der Waals surface area contributed by atoms with Gasteiger partial charge in [0.2, 0.25) is 11.9 Å². The highest BCUT2D eigenvalue weighted by Crippen LogP contribution is 2.22. The number of carbonyl (C=O) groups excluding carboxylic acids is 2. The maximum absolute atomic E-state index is 13.4. The number of aromatic nitrogens is 5. The zero-order valence-corrected chi connectivity index (χ0v) is 18.8. The normalized spacial score (nSPS) is 11.2. The summed E-state index contributed by atoms with van der Waals surface area (Å²) in [6.07, 6.45) is 7.15. The summed E-state index contributed by atoms with van der Waals surface area (Å²) in [6, 6.07) is 13.1. The summed E-state index contributed by atoms with van der Waals surface area (Å²) in [6.45, 7) is 0.452. The molecule has 5 rings (SSSR count). The largest absolute Gasteiger partial charge is 0.368 e. The van der Waals surface area contributed by atoms with Crippen LogP contribution in [0.5, 0.6) is 0 Å². The van der Waals surface area contributed by atoms with Crippen LogP contribution >= 0.6 is 0 Å². The van der Waals surface area contributed by atoms with E-state index in [-0.39, 0.29) is 29.9 Å². The van der Waals surface area contributed by atoms with Gasteiger partial charge in [-0.3, -0.25) is 14.2 Å². The van der Waals surface area contributed by atoms with Crippen molar-refractivity contribution in [3.05, 3.63) is 84.3 Å². The van der Waals surface area contributed by atoms with E-state index in [0.717, 1.165) is 22.0 Å². The van der Waals surface area contributed by atoms with Crippen LogP contribution < -0.4 is 5.73 Å². The summed E-state index contributed by atoms with van der Waals surface area (Å²) in [4.78, 5) is 40.5. The van der Waals surface area contributed by atoms with Crippen molar-refractivity contribution in [2.75, 3.05) is 12.8 Å². The molecule has 0 spiro atoms. The Balaban J connectivity index is 1.45. The highest BCUT2D eigenvalue weighted by molar-refractivity contribution is 6.07. The number of aryl methyl sites for hydroxylation is 1. The molecule has 170 valence electrons. The van der Waals surface area contributed by atoms with E-state index in [1.54, 1.807) is 49.0 Å². The Bertz CT molecular complexity index is 1520. The zero-order chi connectivity index (χ0) is 23.8. The van der Waals surface area contributed by atoms with E-state index < -0.39 is 0 Å². The maximum Gasteiger partial charge on any atom is 0.281 e. The SMILES string of the molecule is CN(Cc1cncn1C)C(=O)Cc1ccc2nc(N)nc(C(=O)n3cc4ccccc4c3)c2c1. The van der Waals surface area contributed by atoms with Gasteiger partial charge in [-0.25, -0.2) is 15.0 Å². The van der Waals surface area contributed by atoms with Gasteiger partial charge in [0.1, 0.15) is 5.69 Å². The molecule has 0 radical (unpaired) electrons. The van der Waals surface area contributed by atoms with Crippen molar-refractivity contribution in [3.8, 4) is 0 Å². The molecule has 2 aromatic carbocycles. The van der Waals surface area contributed by atoms with Gasteiger partial charge in [-0.15, -0.1) is 0 Å². The first-order valence-corrected chi connectivity index (χ1v) is 10.8. The van der Waals surface area contributed by atoms with Crippen LogP contribution in [0.15, 0.2) is 67.4 Å². The Kier molecular flexibility index (Phi) is 5.29. The smallest absolute Gasteiger partial charge is 0.281 e. The summed E-state index contributed by atoms with van der Waals surface area (Å²) in [5.41, 5.74) is 8.34. The molecule has 34 heavy (non-hydrogen) atoms. The number of hydrogen-bond donors (Lipinski definition) is 1. The van der Waals surface area contributed by atoms with Crippen molar-refractivity contribution in [1.29, 1.82) is 0 Å². The second-order valence-electron chi connectivity index (χ2n) is 8.30. The number of nitrogen functional groups attached to an aromatic ring is 1. The minimum Gasteiger partial charge on any atom is -0.368 e. The number of hydrogen-bond acceptors (Lipinski definition) is 6. The van der Waals surface area contributed by atoms with E-state index in [9.17, 15) is 9.59 Å².